The van der Waals surface area contributed by atoms with Gasteiger partial charge in [0.05, 0.1) is 11.9 Å². The first kappa shape index (κ1) is 20.4. The number of anilines is 1. The van der Waals surface area contributed by atoms with Crippen LogP contribution in [0.5, 0.6) is 0 Å². The maximum atomic E-state index is 13.3. The fourth-order valence-electron chi connectivity index (χ4n) is 2.99. The lowest BCUT2D eigenvalue weighted by atomic mass is 10.1. The molecule has 0 saturated heterocycles. The Balaban J connectivity index is 1.54. The SMILES string of the molecule is Cc1cc(SCC(=O)Nc2ccc(C)c(Cl)c2)n2ncc(-c3ccc(F)cc3)c2n1. The van der Waals surface area contributed by atoms with E-state index in [9.17, 15) is 9.18 Å². The first-order valence-corrected chi connectivity index (χ1v) is 10.6. The van der Waals surface area contributed by atoms with Crippen molar-refractivity contribution < 1.29 is 9.18 Å². The molecule has 0 spiro atoms. The van der Waals surface area contributed by atoms with E-state index in [0.717, 1.165) is 27.4 Å². The number of thioether (sulfide) groups is 1. The van der Waals surface area contributed by atoms with E-state index in [1.54, 1.807) is 28.9 Å². The molecule has 4 aromatic rings. The number of aryl methyl sites for hydroxylation is 2. The van der Waals surface area contributed by atoms with Gasteiger partial charge in [0.15, 0.2) is 5.65 Å². The number of carbonyl (C=O) groups is 1. The van der Waals surface area contributed by atoms with Crippen LogP contribution in [0.1, 0.15) is 11.3 Å². The normalized spacial score (nSPS) is 11.1. The van der Waals surface area contributed by atoms with E-state index in [4.69, 9.17) is 11.6 Å². The van der Waals surface area contributed by atoms with Crippen LogP contribution < -0.4 is 5.32 Å². The number of fused-ring (bicyclic) bond motifs is 1. The Morgan fingerprint density at radius 3 is 2.67 bits per heavy atom. The second-order valence-electron chi connectivity index (χ2n) is 6.84. The number of carbonyl (C=O) groups excluding carboxylic acids is 1. The highest BCUT2D eigenvalue weighted by molar-refractivity contribution is 7.99. The van der Waals surface area contributed by atoms with Crippen LogP contribution in [0.2, 0.25) is 5.02 Å². The fourth-order valence-corrected chi connectivity index (χ4v) is 4.03. The molecule has 2 aromatic carbocycles. The number of hydrogen-bond acceptors (Lipinski definition) is 4. The van der Waals surface area contributed by atoms with Crippen LogP contribution in [-0.4, -0.2) is 26.3 Å². The van der Waals surface area contributed by atoms with Crippen LogP contribution in [0.15, 0.2) is 59.8 Å². The summed E-state index contributed by atoms with van der Waals surface area (Å²) in [6.45, 7) is 3.80. The number of hydrogen-bond donors (Lipinski definition) is 1. The molecular formula is C22H18ClFN4OS. The molecule has 0 aliphatic carbocycles. The Kier molecular flexibility index (Phi) is 5.74. The third-order valence-electron chi connectivity index (χ3n) is 4.53. The first-order valence-electron chi connectivity index (χ1n) is 9.21. The first-order chi connectivity index (χ1) is 14.4. The Morgan fingerprint density at radius 2 is 1.93 bits per heavy atom. The predicted octanol–water partition coefficient (Wildman–Crippen LogP) is 5.54. The third kappa shape index (κ3) is 4.32. The third-order valence-corrected chi connectivity index (χ3v) is 5.93. The van der Waals surface area contributed by atoms with E-state index < -0.39 is 0 Å². The van der Waals surface area contributed by atoms with E-state index in [2.05, 4.69) is 15.4 Å². The van der Waals surface area contributed by atoms with Crippen LogP contribution >= 0.6 is 23.4 Å². The molecule has 0 bridgehead atoms. The number of aromatic nitrogens is 3. The molecule has 0 fully saturated rings. The topological polar surface area (TPSA) is 59.3 Å². The average molecular weight is 441 g/mol. The van der Waals surface area contributed by atoms with Gasteiger partial charge in [-0.15, -0.1) is 0 Å². The summed E-state index contributed by atoms with van der Waals surface area (Å²) in [4.78, 5) is 17.0. The average Bonchev–Trinajstić information content (AvgIpc) is 3.13. The smallest absolute Gasteiger partial charge is 0.234 e. The number of nitrogens with one attached hydrogen (secondary N) is 1. The summed E-state index contributed by atoms with van der Waals surface area (Å²) in [6.07, 6.45) is 1.70. The molecular weight excluding hydrogens is 423 g/mol. The number of benzene rings is 2. The molecule has 8 heteroatoms. The molecule has 2 heterocycles. The van der Waals surface area contributed by atoms with Crippen molar-refractivity contribution in [1.82, 2.24) is 14.6 Å². The second-order valence-corrected chi connectivity index (χ2v) is 8.24. The van der Waals surface area contributed by atoms with Gasteiger partial charge in [-0.2, -0.15) is 5.10 Å². The van der Waals surface area contributed by atoms with Gasteiger partial charge >= 0.3 is 0 Å². The van der Waals surface area contributed by atoms with Gasteiger partial charge in [0.1, 0.15) is 10.8 Å². The zero-order valence-corrected chi connectivity index (χ0v) is 17.9. The Morgan fingerprint density at radius 1 is 1.17 bits per heavy atom. The molecule has 30 heavy (non-hydrogen) atoms. The van der Waals surface area contributed by atoms with Crippen molar-refractivity contribution in [3.63, 3.8) is 0 Å². The van der Waals surface area contributed by atoms with E-state index in [-0.39, 0.29) is 17.5 Å². The van der Waals surface area contributed by atoms with Crippen molar-refractivity contribution in [3.05, 3.63) is 76.8 Å². The summed E-state index contributed by atoms with van der Waals surface area (Å²) < 4.78 is 15.0. The van der Waals surface area contributed by atoms with Crippen LogP contribution in [0.3, 0.4) is 0 Å². The van der Waals surface area contributed by atoms with Crippen molar-refractivity contribution in [2.75, 3.05) is 11.1 Å². The van der Waals surface area contributed by atoms with E-state index in [1.165, 1.54) is 23.9 Å². The zero-order valence-electron chi connectivity index (χ0n) is 16.3. The number of amides is 1. The van der Waals surface area contributed by atoms with Gasteiger partial charge < -0.3 is 5.32 Å². The standard InChI is InChI=1S/C22H18ClFN4OS/c1-13-3-8-17(10-19(13)23)27-20(29)12-30-21-9-14(2)26-22-18(11-25-28(21)22)15-4-6-16(24)7-5-15/h3-11H,12H2,1-2H3,(H,27,29). The minimum absolute atomic E-state index is 0.145. The molecule has 5 nitrogen and oxygen atoms in total. The Bertz CT molecular complexity index is 1240. The lowest BCUT2D eigenvalue weighted by Crippen LogP contribution is -2.14. The summed E-state index contributed by atoms with van der Waals surface area (Å²) in [6, 6.07) is 13.5. The highest BCUT2D eigenvalue weighted by Gasteiger charge is 2.14. The van der Waals surface area contributed by atoms with Crippen molar-refractivity contribution >= 4 is 40.6 Å². The number of nitrogens with zero attached hydrogens (tertiary/aromatic N) is 3. The van der Waals surface area contributed by atoms with Crippen LogP contribution in [0, 0.1) is 19.7 Å². The van der Waals surface area contributed by atoms with Crippen molar-refractivity contribution in [2.45, 2.75) is 18.9 Å². The number of halogens is 2. The van der Waals surface area contributed by atoms with E-state index >= 15 is 0 Å². The molecule has 1 amide bonds. The van der Waals surface area contributed by atoms with Crippen LogP contribution in [0.4, 0.5) is 10.1 Å². The van der Waals surface area contributed by atoms with Gasteiger partial charge in [-0.3, -0.25) is 4.79 Å². The van der Waals surface area contributed by atoms with Gasteiger partial charge in [0.2, 0.25) is 5.91 Å². The molecule has 0 atom stereocenters. The highest BCUT2D eigenvalue weighted by Crippen LogP contribution is 2.28. The summed E-state index contributed by atoms with van der Waals surface area (Å²) in [5.74, 6) is -0.236. The molecule has 0 saturated carbocycles. The minimum Gasteiger partial charge on any atom is -0.325 e. The molecule has 4 rings (SSSR count). The molecule has 0 aliphatic rings. The van der Waals surface area contributed by atoms with Gasteiger partial charge in [-0.1, -0.05) is 41.6 Å². The molecule has 0 radical (unpaired) electrons. The predicted molar refractivity (Wildman–Crippen MR) is 119 cm³/mol. The summed E-state index contributed by atoms with van der Waals surface area (Å²) >= 11 is 7.48. The number of rotatable bonds is 5. The molecule has 2 aromatic heterocycles. The van der Waals surface area contributed by atoms with E-state index in [1.807, 2.05) is 32.0 Å². The second kappa shape index (κ2) is 8.45. The Hall–Kier alpha value is -2.90. The van der Waals surface area contributed by atoms with E-state index in [0.29, 0.717) is 16.4 Å². The van der Waals surface area contributed by atoms with Crippen LogP contribution in [0.25, 0.3) is 16.8 Å². The quantitative estimate of drug-likeness (QED) is 0.327. The van der Waals surface area contributed by atoms with Gasteiger partial charge in [0, 0.05) is 22.0 Å². The highest BCUT2D eigenvalue weighted by atomic mass is 35.5. The zero-order chi connectivity index (χ0) is 21.3. The molecule has 152 valence electrons. The summed E-state index contributed by atoms with van der Waals surface area (Å²) in [5, 5.41) is 8.69. The lowest BCUT2D eigenvalue weighted by Gasteiger charge is -2.09. The maximum absolute atomic E-state index is 13.3. The largest absolute Gasteiger partial charge is 0.325 e. The van der Waals surface area contributed by atoms with Crippen molar-refractivity contribution in [3.8, 4) is 11.1 Å². The van der Waals surface area contributed by atoms with Crippen LogP contribution in [-0.2, 0) is 4.79 Å². The van der Waals surface area contributed by atoms with Gasteiger partial charge in [-0.05, 0) is 55.3 Å². The maximum Gasteiger partial charge on any atom is 0.234 e. The minimum atomic E-state index is -0.295. The molecule has 0 unspecified atom stereocenters. The summed E-state index contributed by atoms with van der Waals surface area (Å²) in [7, 11) is 0. The Labute approximate surface area is 182 Å². The van der Waals surface area contributed by atoms with Gasteiger partial charge in [0.25, 0.3) is 0 Å². The summed E-state index contributed by atoms with van der Waals surface area (Å²) in [5.41, 5.74) is 4.71. The van der Waals surface area contributed by atoms with Gasteiger partial charge in [-0.25, -0.2) is 13.9 Å². The van der Waals surface area contributed by atoms with Crippen molar-refractivity contribution in [1.29, 1.82) is 0 Å². The monoisotopic (exact) mass is 440 g/mol. The molecule has 0 aliphatic heterocycles. The fraction of sp³-hybridized carbons (Fsp3) is 0.136. The molecule has 1 N–H and O–H groups in total. The van der Waals surface area contributed by atoms with Crippen molar-refractivity contribution in [2.24, 2.45) is 0 Å². The lowest BCUT2D eigenvalue weighted by molar-refractivity contribution is -0.113.